The average molecular weight is 366 g/mol. The molecule has 0 saturated carbocycles. The van der Waals surface area contributed by atoms with Gasteiger partial charge in [0, 0.05) is 35.9 Å². The Labute approximate surface area is 159 Å². The van der Waals surface area contributed by atoms with E-state index < -0.39 is 5.72 Å². The largest absolute Gasteiger partial charge is 0.508 e. The van der Waals surface area contributed by atoms with Crippen LogP contribution in [0.25, 0.3) is 0 Å². The number of ether oxygens (including phenoxy) is 1. The van der Waals surface area contributed by atoms with Crippen LogP contribution >= 0.6 is 0 Å². The van der Waals surface area contributed by atoms with E-state index in [4.69, 9.17) is 4.74 Å². The van der Waals surface area contributed by atoms with E-state index in [-0.39, 0.29) is 23.2 Å². The van der Waals surface area contributed by atoms with Crippen LogP contribution in [-0.4, -0.2) is 22.4 Å². The molecule has 2 aliphatic heterocycles. The Balaban J connectivity index is 1.85. The Morgan fingerprint density at radius 2 is 1.81 bits per heavy atom. The molecule has 2 aromatic rings. The molecule has 0 radical (unpaired) electrons. The molecular weight excluding hydrogens is 340 g/mol. The molecule has 5 heteroatoms. The number of phenolic OH excluding ortho intramolecular Hbond substituents is 1. The molecule has 4 rings (SSSR count). The number of aryl methyl sites for hydroxylation is 2. The minimum atomic E-state index is -0.811. The van der Waals surface area contributed by atoms with Gasteiger partial charge in [0.25, 0.3) is 0 Å². The standard InChI is InChI=1S/C22H26N2O3/c1-13-5-7-15(8-6-13)17-11-22(12-21(3,4)23-20(26)24-22)27-18-10-16(25)9-14(2)19(17)18/h5-10,17,25H,11-12H2,1-4H3,(H2,23,24,26). The van der Waals surface area contributed by atoms with E-state index in [1.807, 2.05) is 20.8 Å². The van der Waals surface area contributed by atoms with E-state index in [2.05, 4.69) is 41.8 Å². The van der Waals surface area contributed by atoms with Gasteiger partial charge < -0.3 is 20.5 Å². The van der Waals surface area contributed by atoms with Gasteiger partial charge in [-0.25, -0.2) is 4.79 Å². The molecule has 142 valence electrons. The van der Waals surface area contributed by atoms with E-state index in [1.54, 1.807) is 12.1 Å². The second kappa shape index (κ2) is 5.91. The lowest BCUT2D eigenvalue weighted by molar-refractivity contribution is -0.0237. The second-order valence-electron chi connectivity index (χ2n) is 8.58. The number of nitrogens with one attached hydrogen (secondary N) is 2. The van der Waals surface area contributed by atoms with Crippen molar-refractivity contribution in [3.8, 4) is 11.5 Å². The van der Waals surface area contributed by atoms with E-state index in [1.165, 1.54) is 11.1 Å². The van der Waals surface area contributed by atoms with Crippen molar-refractivity contribution in [3.63, 3.8) is 0 Å². The molecule has 3 N–H and O–H groups in total. The summed E-state index contributed by atoms with van der Waals surface area (Å²) in [6.07, 6.45) is 1.27. The summed E-state index contributed by atoms with van der Waals surface area (Å²) >= 11 is 0. The zero-order valence-corrected chi connectivity index (χ0v) is 16.2. The van der Waals surface area contributed by atoms with Gasteiger partial charge in [-0.15, -0.1) is 0 Å². The second-order valence-corrected chi connectivity index (χ2v) is 8.58. The summed E-state index contributed by atoms with van der Waals surface area (Å²) in [6.45, 7) is 8.07. The molecule has 1 fully saturated rings. The third-order valence-corrected chi connectivity index (χ3v) is 5.52. The topological polar surface area (TPSA) is 70.6 Å². The molecule has 2 heterocycles. The van der Waals surface area contributed by atoms with Gasteiger partial charge >= 0.3 is 6.03 Å². The lowest BCUT2D eigenvalue weighted by atomic mass is 9.76. The minimum Gasteiger partial charge on any atom is -0.508 e. The molecule has 0 aliphatic carbocycles. The van der Waals surface area contributed by atoms with Crippen molar-refractivity contribution in [2.75, 3.05) is 0 Å². The number of carbonyl (C=O) groups excluding carboxylic acids is 1. The first-order valence-corrected chi connectivity index (χ1v) is 9.36. The molecule has 2 atom stereocenters. The molecule has 5 nitrogen and oxygen atoms in total. The Hall–Kier alpha value is -2.69. The Kier molecular flexibility index (Phi) is 3.88. The third kappa shape index (κ3) is 3.22. The SMILES string of the molecule is Cc1ccc(C2CC3(CC(C)(C)NC(=O)N3)Oc3cc(O)cc(C)c32)cc1. The molecule has 2 amide bonds. The maximum Gasteiger partial charge on any atom is 0.318 e. The van der Waals surface area contributed by atoms with Crippen LogP contribution in [0.15, 0.2) is 36.4 Å². The molecule has 0 bridgehead atoms. The van der Waals surface area contributed by atoms with Crippen molar-refractivity contribution in [1.29, 1.82) is 0 Å². The van der Waals surface area contributed by atoms with Crippen LogP contribution in [0.1, 0.15) is 54.9 Å². The van der Waals surface area contributed by atoms with E-state index in [0.29, 0.717) is 18.6 Å². The van der Waals surface area contributed by atoms with E-state index >= 15 is 0 Å². The van der Waals surface area contributed by atoms with Gasteiger partial charge in [0.15, 0.2) is 5.72 Å². The third-order valence-electron chi connectivity index (χ3n) is 5.52. The lowest BCUT2D eigenvalue weighted by Gasteiger charge is -2.49. The van der Waals surface area contributed by atoms with Crippen LogP contribution in [0.3, 0.4) is 0 Å². The Morgan fingerprint density at radius 3 is 2.48 bits per heavy atom. The van der Waals surface area contributed by atoms with Crippen LogP contribution in [0, 0.1) is 13.8 Å². The first-order valence-electron chi connectivity index (χ1n) is 9.36. The molecule has 27 heavy (non-hydrogen) atoms. The van der Waals surface area contributed by atoms with Gasteiger partial charge in [-0.05, 0) is 44.9 Å². The van der Waals surface area contributed by atoms with Gasteiger partial charge in [-0.1, -0.05) is 29.8 Å². The summed E-state index contributed by atoms with van der Waals surface area (Å²) in [7, 11) is 0. The van der Waals surface area contributed by atoms with Gasteiger partial charge in [-0.3, -0.25) is 0 Å². The number of amides is 2. The zero-order chi connectivity index (χ0) is 19.4. The minimum absolute atomic E-state index is 0.0733. The lowest BCUT2D eigenvalue weighted by Crippen LogP contribution is -2.69. The number of phenols is 1. The highest BCUT2D eigenvalue weighted by molar-refractivity contribution is 5.77. The maximum absolute atomic E-state index is 12.3. The summed E-state index contributed by atoms with van der Waals surface area (Å²) in [6, 6.07) is 11.7. The summed E-state index contributed by atoms with van der Waals surface area (Å²) in [5.41, 5.74) is 3.26. The molecule has 0 aromatic heterocycles. The number of hydrogen-bond acceptors (Lipinski definition) is 3. The van der Waals surface area contributed by atoms with Crippen LogP contribution in [0.5, 0.6) is 11.5 Å². The van der Waals surface area contributed by atoms with Gasteiger partial charge in [-0.2, -0.15) is 0 Å². The first-order chi connectivity index (χ1) is 12.7. The van der Waals surface area contributed by atoms with Crippen molar-refractivity contribution in [1.82, 2.24) is 10.6 Å². The van der Waals surface area contributed by atoms with Crippen molar-refractivity contribution in [2.45, 2.75) is 57.7 Å². The number of benzene rings is 2. The predicted octanol–water partition coefficient (Wildman–Crippen LogP) is 4.10. The number of carbonyl (C=O) groups is 1. The summed E-state index contributed by atoms with van der Waals surface area (Å²) in [5, 5.41) is 16.1. The monoisotopic (exact) mass is 366 g/mol. The van der Waals surface area contributed by atoms with E-state index in [9.17, 15) is 9.90 Å². The van der Waals surface area contributed by atoms with Crippen LogP contribution in [-0.2, 0) is 0 Å². The van der Waals surface area contributed by atoms with Crippen molar-refractivity contribution in [3.05, 3.63) is 58.7 Å². The molecular formula is C22H26N2O3. The van der Waals surface area contributed by atoms with Gasteiger partial charge in [0.2, 0.25) is 0 Å². The van der Waals surface area contributed by atoms with Crippen molar-refractivity contribution < 1.29 is 14.6 Å². The highest BCUT2D eigenvalue weighted by Gasteiger charge is 2.50. The van der Waals surface area contributed by atoms with E-state index in [0.717, 1.165) is 11.1 Å². The van der Waals surface area contributed by atoms with Gasteiger partial charge in [0.05, 0.1) is 0 Å². The summed E-state index contributed by atoms with van der Waals surface area (Å²) in [5.74, 6) is 0.886. The van der Waals surface area contributed by atoms with Crippen molar-refractivity contribution in [2.24, 2.45) is 0 Å². The fourth-order valence-corrected chi connectivity index (χ4v) is 4.58. The van der Waals surface area contributed by atoms with Gasteiger partial charge in [0.1, 0.15) is 11.5 Å². The summed E-state index contributed by atoms with van der Waals surface area (Å²) in [4.78, 5) is 12.3. The predicted molar refractivity (Wildman–Crippen MR) is 104 cm³/mol. The number of hydrogen-bond donors (Lipinski definition) is 3. The normalized spacial score (nSPS) is 25.9. The van der Waals surface area contributed by atoms with Crippen LogP contribution in [0.2, 0.25) is 0 Å². The fourth-order valence-electron chi connectivity index (χ4n) is 4.58. The Bertz CT molecular complexity index is 905. The van der Waals surface area contributed by atoms with Crippen LogP contribution in [0.4, 0.5) is 4.79 Å². The Morgan fingerprint density at radius 1 is 1.11 bits per heavy atom. The number of fused-ring (bicyclic) bond motifs is 1. The zero-order valence-electron chi connectivity index (χ0n) is 16.2. The summed E-state index contributed by atoms with van der Waals surface area (Å²) < 4.78 is 6.37. The van der Waals surface area contributed by atoms with Crippen LogP contribution < -0.4 is 15.4 Å². The molecule has 2 unspecified atom stereocenters. The maximum atomic E-state index is 12.3. The molecule has 1 spiro atoms. The quantitative estimate of drug-likeness (QED) is 0.711. The fraction of sp³-hybridized carbons (Fsp3) is 0.409. The van der Waals surface area contributed by atoms with Crippen molar-refractivity contribution >= 4 is 6.03 Å². The highest BCUT2D eigenvalue weighted by atomic mass is 16.5. The molecule has 1 saturated heterocycles. The number of urea groups is 1. The smallest absolute Gasteiger partial charge is 0.318 e. The highest BCUT2D eigenvalue weighted by Crippen LogP contribution is 2.49. The number of rotatable bonds is 1. The number of aromatic hydroxyl groups is 1. The molecule has 2 aromatic carbocycles. The average Bonchev–Trinajstić information content (AvgIpc) is 2.51. The molecule has 2 aliphatic rings. The first kappa shape index (κ1) is 17.7.